The molecule has 0 spiro atoms. The molecular formula is C23H33IN4O4. The van der Waals surface area contributed by atoms with Crippen LogP contribution in [0.1, 0.15) is 23.6 Å². The number of halogens is 1. The number of aryl methyl sites for hydroxylation is 1. The van der Waals surface area contributed by atoms with Gasteiger partial charge in [0.05, 0.1) is 13.2 Å². The number of rotatable bonds is 12. The zero-order chi connectivity index (χ0) is 22.5. The number of guanidine groups is 1. The predicted octanol–water partition coefficient (Wildman–Crippen LogP) is 2.76. The molecule has 2 aromatic carbocycles. The third kappa shape index (κ3) is 10.2. The third-order valence-corrected chi connectivity index (χ3v) is 4.26. The lowest BCUT2D eigenvalue weighted by molar-refractivity contribution is -0.119. The van der Waals surface area contributed by atoms with E-state index in [1.54, 1.807) is 13.2 Å². The first-order valence-electron chi connectivity index (χ1n) is 10.2. The van der Waals surface area contributed by atoms with Crippen molar-refractivity contribution < 1.29 is 19.0 Å². The number of hydrogen-bond donors (Lipinski definition) is 3. The number of carbonyl (C=O) groups is 1. The summed E-state index contributed by atoms with van der Waals surface area (Å²) in [6.45, 7) is 6.68. The molecule has 4 N–H and O–H groups in total. The van der Waals surface area contributed by atoms with Gasteiger partial charge in [0.25, 0.3) is 5.91 Å². The number of nitrogens with one attached hydrogen (secondary N) is 2. The molecule has 1 amide bonds. The molecule has 0 atom stereocenters. The van der Waals surface area contributed by atoms with Gasteiger partial charge in [-0.15, -0.1) is 24.0 Å². The molecule has 0 radical (unpaired) electrons. The molecule has 0 saturated heterocycles. The van der Waals surface area contributed by atoms with E-state index in [1.165, 1.54) is 0 Å². The van der Waals surface area contributed by atoms with Crippen LogP contribution < -0.4 is 25.8 Å². The maximum absolute atomic E-state index is 10.9. The molecule has 9 heteroatoms. The van der Waals surface area contributed by atoms with Crippen molar-refractivity contribution in [2.45, 2.75) is 26.9 Å². The van der Waals surface area contributed by atoms with Crippen LogP contribution in [0.5, 0.6) is 11.5 Å². The van der Waals surface area contributed by atoms with Crippen LogP contribution >= 0.6 is 24.0 Å². The zero-order valence-corrected chi connectivity index (χ0v) is 21.2. The highest BCUT2D eigenvalue weighted by molar-refractivity contribution is 14.0. The van der Waals surface area contributed by atoms with Crippen molar-refractivity contribution in [3.8, 4) is 11.5 Å². The Bertz CT molecular complexity index is 877. The van der Waals surface area contributed by atoms with Gasteiger partial charge in [-0.2, -0.15) is 0 Å². The molecule has 0 fully saturated rings. The van der Waals surface area contributed by atoms with Crippen LogP contribution in [0.25, 0.3) is 0 Å². The molecule has 0 saturated carbocycles. The van der Waals surface area contributed by atoms with Gasteiger partial charge in [0, 0.05) is 25.8 Å². The highest BCUT2D eigenvalue weighted by Gasteiger charge is 2.06. The van der Waals surface area contributed by atoms with Gasteiger partial charge in [-0.05, 0) is 43.2 Å². The molecule has 0 bridgehead atoms. The van der Waals surface area contributed by atoms with Gasteiger partial charge in [0.15, 0.2) is 12.6 Å². The fraction of sp³-hybridized carbons (Fsp3) is 0.391. The van der Waals surface area contributed by atoms with Crippen LogP contribution in [0.4, 0.5) is 0 Å². The first-order chi connectivity index (χ1) is 15.0. The van der Waals surface area contributed by atoms with E-state index in [4.69, 9.17) is 19.9 Å². The number of aliphatic imine (C=N–C) groups is 1. The van der Waals surface area contributed by atoms with Crippen molar-refractivity contribution in [2.24, 2.45) is 10.7 Å². The van der Waals surface area contributed by atoms with E-state index in [2.05, 4.69) is 21.7 Å². The van der Waals surface area contributed by atoms with E-state index in [9.17, 15) is 4.79 Å². The number of methoxy groups -OCH3 is 1. The van der Waals surface area contributed by atoms with Crippen molar-refractivity contribution in [2.75, 3.05) is 33.5 Å². The Kier molecular flexibility index (Phi) is 13.2. The van der Waals surface area contributed by atoms with Crippen molar-refractivity contribution >= 4 is 35.8 Å². The Morgan fingerprint density at radius 2 is 1.91 bits per heavy atom. The summed E-state index contributed by atoms with van der Waals surface area (Å²) in [5.41, 5.74) is 8.25. The molecular weight excluding hydrogens is 523 g/mol. The third-order valence-electron chi connectivity index (χ3n) is 4.26. The Morgan fingerprint density at radius 1 is 1.09 bits per heavy atom. The van der Waals surface area contributed by atoms with Crippen molar-refractivity contribution in [3.63, 3.8) is 0 Å². The number of nitrogens with zero attached hydrogens (tertiary/aromatic N) is 1. The lowest BCUT2D eigenvalue weighted by atomic mass is 10.1. The number of benzene rings is 2. The molecule has 0 heterocycles. The summed E-state index contributed by atoms with van der Waals surface area (Å²) in [6, 6.07) is 13.6. The molecule has 8 nitrogen and oxygen atoms in total. The van der Waals surface area contributed by atoms with Gasteiger partial charge in [-0.3, -0.25) is 4.79 Å². The summed E-state index contributed by atoms with van der Waals surface area (Å²) in [6.07, 6.45) is 0. The van der Waals surface area contributed by atoms with Crippen LogP contribution in [0.3, 0.4) is 0 Å². The van der Waals surface area contributed by atoms with Gasteiger partial charge in [-0.1, -0.05) is 24.3 Å². The molecule has 32 heavy (non-hydrogen) atoms. The number of ether oxygens (including phenoxy) is 3. The zero-order valence-electron chi connectivity index (χ0n) is 18.8. The number of hydrogen-bond acceptors (Lipinski definition) is 5. The predicted molar refractivity (Wildman–Crippen MR) is 137 cm³/mol. The minimum Gasteiger partial charge on any atom is -0.491 e. The lowest BCUT2D eigenvalue weighted by Crippen LogP contribution is -2.36. The van der Waals surface area contributed by atoms with Gasteiger partial charge in [0.1, 0.15) is 18.1 Å². The quantitative estimate of drug-likeness (QED) is 0.161. The van der Waals surface area contributed by atoms with Crippen molar-refractivity contribution in [1.29, 1.82) is 0 Å². The molecule has 0 aromatic heterocycles. The van der Waals surface area contributed by atoms with Crippen molar-refractivity contribution in [3.05, 3.63) is 59.2 Å². The first-order valence-corrected chi connectivity index (χ1v) is 10.2. The highest BCUT2D eigenvalue weighted by Crippen LogP contribution is 2.20. The highest BCUT2D eigenvalue weighted by atomic mass is 127. The van der Waals surface area contributed by atoms with Crippen LogP contribution in [-0.2, 0) is 22.6 Å². The van der Waals surface area contributed by atoms with Gasteiger partial charge >= 0.3 is 0 Å². The van der Waals surface area contributed by atoms with E-state index in [-0.39, 0.29) is 30.6 Å². The maximum Gasteiger partial charge on any atom is 0.255 e. The van der Waals surface area contributed by atoms with Gasteiger partial charge < -0.3 is 30.6 Å². The molecule has 0 unspecified atom stereocenters. The summed E-state index contributed by atoms with van der Waals surface area (Å²) in [5, 5.41) is 6.59. The number of carbonyl (C=O) groups excluding carboxylic acids is 1. The van der Waals surface area contributed by atoms with E-state index < -0.39 is 5.91 Å². The summed E-state index contributed by atoms with van der Waals surface area (Å²) >= 11 is 0. The standard InChI is InChI=1S/C23H32N4O4.HI/c1-4-25-23(26-14-18-6-5-7-20(13-18)31-16-22(24)28)27-15-19-9-8-17(2)12-21(19)30-11-10-29-3;/h5-9,12-13H,4,10-11,14-16H2,1-3H3,(H2,24,28)(H2,25,26,27);1H. The summed E-state index contributed by atoms with van der Waals surface area (Å²) in [7, 11) is 1.65. The molecule has 0 aliphatic rings. The largest absolute Gasteiger partial charge is 0.491 e. The smallest absolute Gasteiger partial charge is 0.255 e. The monoisotopic (exact) mass is 556 g/mol. The number of nitrogens with two attached hydrogens (primary N) is 1. The van der Waals surface area contributed by atoms with Crippen molar-refractivity contribution in [1.82, 2.24) is 10.6 Å². The number of primary amides is 1. The summed E-state index contributed by atoms with van der Waals surface area (Å²) in [5.74, 6) is 1.60. The SMILES string of the molecule is CCNC(=NCc1cccc(OCC(N)=O)c1)NCc1ccc(C)cc1OCCOC.I. The molecule has 176 valence electrons. The van der Waals surface area contributed by atoms with E-state index in [1.807, 2.05) is 44.2 Å². The molecule has 2 aromatic rings. The van der Waals surface area contributed by atoms with Crippen LogP contribution in [-0.4, -0.2) is 45.3 Å². The average Bonchev–Trinajstić information content (AvgIpc) is 2.75. The fourth-order valence-corrected chi connectivity index (χ4v) is 2.76. The average molecular weight is 556 g/mol. The Balaban J connectivity index is 0.00000512. The minimum absolute atomic E-state index is 0. The molecule has 0 aliphatic carbocycles. The minimum atomic E-state index is -0.510. The second-order valence-corrected chi connectivity index (χ2v) is 6.90. The van der Waals surface area contributed by atoms with E-state index >= 15 is 0 Å². The van der Waals surface area contributed by atoms with Crippen LogP contribution in [0.15, 0.2) is 47.5 Å². The summed E-state index contributed by atoms with van der Waals surface area (Å²) in [4.78, 5) is 15.5. The fourth-order valence-electron chi connectivity index (χ4n) is 2.76. The topological polar surface area (TPSA) is 107 Å². The Labute approximate surface area is 206 Å². The Hall–Kier alpha value is -2.53. The van der Waals surface area contributed by atoms with Gasteiger partial charge in [0.2, 0.25) is 0 Å². The van der Waals surface area contributed by atoms with E-state index in [0.29, 0.717) is 38.0 Å². The number of amides is 1. The second kappa shape index (κ2) is 15.3. The van der Waals surface area contributed by atoms with Gasteiger partial charge in [-0.25, -0.2) is 4.99 Å². The van der Waals surface area contributed by atoms with Crippen LogP contribution in [0.2, 0.25) is 0 Å². The molecule has 0 aliphatic heterocycles. The molecule has 2 rings (SSSR count). The lowest BCUT2D eigenvalue weighted by Gasteiger charge is -2.15. The first kappa shape index (κ1) is 27.5. The normalized spacial score (nSPS) is 10.8. The van der Waals surface area contributed by atoms with E-state index in [0.717, 1.165) is 29.0 Å². The summed E-state index contributed by atoms with van der Waals surface area (Å²) < 4.78 is 16.3. The maximum atomic E-state index is 10.9. The van der Waals surface area contributed by atoms with Crippen LogP contribution in [0, 0.1) is 6.92 Å². The Morgan fingerprint density at radius 3 is 2.62 bits per heavy atom. The second-order valence-electron chi connectivity index (χ2n) is 6.90.